The Bertz CT molecular complexity index is 973. The summed E-state index contributed by atoms with van der Waals surface area (Å²) < 4.78 is 24.7. The zero-order valence-electron chi connectivity index (χ0n) is 15.7. The molecule has 0 unspecified atom stereocenters. The molecule has 0 saturated carbocycles. The molecule has 0 spiro atoms. The summed E-state index contributed by atoms with van der Waals surface area (Å²) >= 11 is 0. The van der Waals surface area contributed by atoms with E-state index in [9.17, 15) is 13.2 Å². The van der Waals surface area contributed by atoms with Gasteiger partial charge in [-0.2, -0.15) is 0 Å². The molecule has 4 rings (SSSR count). The van der Waals surface area contributed by atoms with E-state index in [0.717, 1.165) is 16.6 Å². The summed E-state index contributed by atoms with van der Waals surface area (Å²) in [5.41, 5.74) is 1.87. The molecule has 144 valence electrons. The van der Waals surface area contributed by atoms with Gasteiger partial charge in [0, 0.05) is 37.0 Å². The molecule has 0 bridgehead atoms. The number of hydrogen-bond donors (Lipinski definition) is 0. The van der Waals surface area contributed by atoms with Crippen LogP contribution < -0.4 is 0 Å². The van der Waals surface area contributed by atoms with Gasteiger partial charge < -0.3 is 4.90 Å². The standard InChI is InChI=1S/C20H25N3O3S/c1-14(2)20(24)23-10-9-22(18-12-27(25,26)13-19(18)23)11-16-8-7-15-5-3-4-6-17(15)21-16/h3-8,14,18-19H,9-13H2,1-2H3/t18-,19+/m0/s1. The maximum Gasteiger partial charge on any atom is 0.225 e. The molecule has 3 heterocycles. The molecule has 1 amide bonds. The number of carbonyl (C=O) groups is 1. The number of fused-ring (bicyclic) bond motifs is 2. The zero-order valence-corrected chi connectivity index (χ0v) is 16.5. The minimum atomic E-state index is -3.14. The Morgan fingerprint density at radius 1 is 1.11 bits per heavy atom. The minimum Gasteiger partial charge on any atom is -0.336 e. The van der Waals surface area contributed by atoms with E-state index in [4.69, 9.17) is 4.98 Å². The van der Waals surface area contributed by atoms with Crippen molar-refractivity contribution in [2.45, 2.75) is 32.5 Å². The quantitative estimate of drug-likeness (QED) is 0.802. The second-order valence-electron chi connectivity index (χ2n) is 7.86. The number of carbonyl (C=O) groups excluding carboxylic acids is 1. The molecule has 7 heteroatoms. The second kappa shape index (κ2) is 6.87. The highest BCUT2D eigenvalue weighted by molar-refractivity contribution is 7.91. The highest BCUT2D eigenvalue weighted by atomic mass is 32.2. The Hall–Kier alpha value is -1.99. The monoisotopic (exact) mass is 387 g/mol. The largest absolute Gasteiger partial charge is 0.336 e. The van der Waals surface area contributed by atoms with E-state index < -0.39 is 9.84 Å². The van der Waals surface area contributed by atoms with Crippen LogP contribution in [0, 0.1) is 5.92 Å². The molecule has 6 nitrogen and oxygen atoms in total. The van der Waals surface area contributed by atoms with Crippen molar-refractivity contribution < 1.29 is 13.2 Å². The summed E-state index contributed by atoms with van der Waals surface area (Å²) in [5, 5.41) is 1.09. The summed E-state index contributed by atoms with van der Waals surface area (Å²) in [5.74, 6) is 0.110. The van der Waals surface area contributed by atoms with E-state index in [-0.39, 0.29) is 35.4 Å². The van der Waals surface area contributed by atoms with E-state index in [1.54, 1.807) is 4.90 Å². The maximum atomic E-state index is 12.6. The Morgan fingerprint density at radius 3 is 2.63 bits per heavy atom. The number of sulfone groups is 1. The van der Waals surface area contributed by atoms with Crippen LogP contribution in [0.3, 0.4) is 0 Å². The Balaban J connectivity index is 1.59. The van der Waals surface area contributed by atoms with Crippen LogP contribution in [0.1, 0.15) is 19.5 Å². The van der Waals surface area contributed by atoms with E-state index in [0.29, 0.717) is 19.6 Å². The normalized spacial score (nSPS) is 25.1. The van der Waals surface area contributed by atoms with E-state index >= 15 is 0 Å². The van der Waals surface area contributed by atoms with Gasteiger partial charge in [-0.05, 0) is 12.1 Å². The number of nitrogens with zero attached hydrogens (tertiary/aromatic N) is 3. The SMILES string of the molecule is CC(C)C(=O)N1CCN(Cc2ccc3ccccc3n2)[C@H]2CS(=O)(=O)C[C@H]21. The molecule has 1 aromatic carbocycles. The van der Waals surface area contributed by atoms with Crippen molar-refractivity contribution in [2.24, 2.45) is 5.92 Å². The molecule has 0 radical (unpaired) electrons. The first-order chi connectivity index (χ1) is 12.8. The number of hydrogen-bond acceptors (Lipinski definition) is 5. The van der Waals surface area contributed by atoms with Crippen LogP contribution in [0.25, 0.3) is 10.9 Å². The van der Waals surface area contributed by atoms with Gasteiger partial charge in [-0.1, -0.05) is 38.1 Å². The Kier molecular flexibility index (Phi) is 4.68. The van der Waals surface area contributed by atoms with Crippen LogP contribution in [0.2, 0.25) is 0 Å². The van der Waals surface area contributed by atoms with Gasteiger partial charge in [0.2, 0.25) is 5.91 Å². The van der Waals surface area contributed by atoms with Crippen molar-refractivity contribution >= 4 is 26.6 Å². The molecule has 1 aromatic heterocycles. The smallest absolute Gasteiger partial charge is 0.225 e. The first kappa shape index (κ1) is 18.4. The van der Waals surface area contributed by atoms with Crippen molar-refractivity contribution in [2.75, 3.05) is 24.6 Å². The second-order valence-corrected chi connectivity index (χ2v) is 10.0. The van der Waals surface area contributed by atoms with Gasteiger partial charge in [0.15, 0.2) is 9.84 Å². The topological polar surface area (TPSA) is 70.6 Å². The summed E-state index contributed by atoms with van der Waals surface area (Å²) in [6.07, 6.45) is 0. The molecule has 2 aromatic rings. The average molecular weight is 388 g/mol. The van der Waals surface area contributed by atoms with Gasteiger partial charge in [0.25, 0.3) is 0 Å². The van der Waals surface area contributed by atoms with Crippen LogP contribution >= 0.6 is 0 Å². The minimum absolute atomic E-state index is 0.0468. The average Bonchev–Trinajstić information content (AvgIpc) is 2.96. The first-order valence-electron chi connectivity index (χ1n) is 9.44. The summed E-state index contributed by atoms with van der Waals surface area (Å²) in [7, 11) is -3.14. The fraction of sp³-hybridized carbons (Fsp3) is 0.500. The van der Waals surface area contributed by atoms with Crippen molar-refractivity contribution in [3.8, 4) is 0 Å². The van der Waals surface area contributed by atoms with Crippen molar-refractivity contribution in [3.63, 3.8) is 0 Å². The van der Waals surface area contributed by atoms with Gasteiger partial charge in [-0.25, -0.2) is 8.42 Å². The highest BCUT2D eigenvalue weighted by Gasteiger charge is 2.48. The van der Waals surface area contributed by atoms with Crippen LogP contribution in [-0.2, 0) is 21.2 Å². The molecule has 2 saturated heterocycles. The first-order valence-corrected chi connectivity index (χ1v) is 11.3. The van der Waals surface area contributed by atoms with Crippen LogP contribution in [0.5, 0.6) is 0 Å². The van der Waals surface area contributed by atoms with Crippen molar-refractivity contribution in [1.82, 2.24) is 14.8 Å². The fourth-order valence-corrected chi connectivity index (χ4v) is 6.24. The third-order valence-electron chi connectivity index (χ3n) is 5.59. The number of para-hydroxylation sites is 1. The number of piperazine rings is 1. The highest BCUT2D eigenvalue weighted by Crippen LogP contribution is 2.29. The van der Waals surface area contributed by atoms with Gasteiger partial charge in [-0.3, -0.25) is 14.7 Å². The predicted molar refractivity (Wildman–Crippen MR) is 105 cm³/mol. The van der Waals surface area contributed by atoms with Crippen LogP contribution in [-0.4, -0.2) is 65.8 Å². The fourth-order valence-electron chi connectivity index (χ4n) is 4.23. The lowest BCUT2D eigenvalue weighted by Crippen LogP contribution is -2.60. The van der Waals surface area contributed by atoms with Crippen molar-refractivity contribution in [3.05, 3.63) is 42.1 Å². The molecule has 27 heavy (non-hydrogen) atoms. The number of benzene rings is 1. The Labute approximate surface area is 160 Å². The molecule has 0 aliphatic carbocycles. The zero-order chi connectivity index (χ0) is 19.2. The van der Waals surface area contributed by atoms with E-state index in [1.807, 2.05) is 44.2 Å². The molecule has 2 aliphatic rings. The van der Waals surface area contributed by atoms with Gasteiger partial charge in [0.05, 0.1) is 28.8 Å². The van der Waals surface area contributed by atoms with Gasteiger partial charge in [-0.15, -0.1) is 0 Å². The number of aromatic nitrogens is 1. The summed E-state index contributed by atoms with van der Waals surface area (Å²) in [6.45, 7) is 5.58. The molecule has 2 atom stereocenters. The number of rotatable bonds is 3. The van der Waals surface area contributed by atoms with Crippen LogP contribution in [0.15, 0.2) is 36.4 Å². The lowest BCUT2D eigenvalue weighted by Gasteiger charge is -2.44. The van der Waals surface area contributed by atoms with Gasteiger partial charge >= 0.3 is 0 Å². The molecule has 0 N–H and O–H groups in total. The molecule has 2 aliphatic heterocycles. The lowest BCUT2D eigenvalue weighted by atomic mass is 10.0. The third kappa shape index (κ3) is 3.58. The van der Waals surface area contributed by atoms with Crippen LogP contribution in [0.4, 0.5) is 0 Å². The molecular formula is C20H25N3O3S. The Morgan fingerprint density at radius 2 is 1.85 bits per heavy atom. The van der Waals surface area contributed by atoms with E-state index in [2.05, 4.69) is 11.0 Å². The van der Waals surface area contributed by atoms with Crippen molar-refractivity contribution in [1.29, 1.82) is 0 Å². The van der Waals surface area contributed by atoms with E-state index in [1.165, 1.54) is 0 Å². The van der Waals surface area contributed by atoms with Gasteiger partial charge in [0.1, 0.15) is 0 Å². The molecular weight excluding hydrogens is 362 g/mol. The number of pyridine rings is 1. The lowest BCUT2D eigenvalue weighted by molar-refractivity contribution is -0.140. The molecule has 2 fully saturated rings. The maximum absolute atomic E-state index is 12.6. The number of amides is 1. The third-order valence-corrected chi connectivity index (χ3v) is 7.29. The summed E-state index contributed by atoms with van der Waals surface area (Å²) in [4.78, 5) is 21.3. The summed E-state index contributed by atoms with van der Waals surface area (Å²) in [6, 6.07) is 11.6. The predicted octanol–water partition coefficient (Wildman–Crippen LogP) is 1.70.